The third kappa shape index (κ3) is 5.14. The van der Waals surface area contributed by atoms with E-state index >= 15 is 0 Å². The van der Waals surface area contributed by atoms with Gasteiger partial charge in [0, 0.05) is 10.4 Å². The van der Waals surface area contributed by atoms with Crippen molar-refractivity contribution in [2.24, 2.45) is 0 Å². The van der Waals surface area contributed by atoms with Crippen molar-refractivity contribution in [1.82, 2.24) is 0 Å². The summed E-state index contributed by atoms with van der Waals surface area (Å²) in [6.45, 7) is 0.122. The minimum absolute atomic E-state index is 0.0612. The van der Waals surface area contributed by atoms with E-state index in [2.05, 4.69) is 0 Å². The molecule has 106 valence electrons. The molecule has 0 aliphatic heterocycles. The molecule has 0 saturated heterocycles. The molecular weight excluding hydrogens is 256 g/mol. The van der Waals surface area contributed by atoms with Gasteiger partial charge in [-0.05, 0) is 11.1 Å². The summed E-state index contributed by atoms with van der Waals surface area (Å²) in [5.41, 5.74) is 1.74. The van der Waals surface area contributed by atoms with Gasteiger partial charge in [0.15, 0.2) is 0 Å². The first-order chi connectivity index (χ1) is 9.73. The highest BCUT2D eigenvalue weighted by Gasteiger charge is 1.89. The van der Waals surface area contributed by atoms with Crippen LogP contribution in [-0.2, 0) is 13.2 Å². The molecule has 2 rings (SSSR count). The molecule has 0 radical (unpaired) electrons. The Morgan fingerprint density at radius 3 is 1.10 bits per heavy atom. The lowest BCUT2D eigenvalue weighted by atomic mass is 10.1. The van der Waals surface area contributed by atoms with E-state index in [9.17, 15) is 0 Å². The summed E-state index contributed by atoms with van der Waals surface area (Å²) in [6.07, 6.45) is 2.03. The number of aliphatic hydroxyl groups excluding tert-OH is 4. The fourth-order valence-electron chi connectivity index (χ4n) is 1.42. The SMILES string of the molecule is OC=c1ccc(=CO)cc1.OCc1ccc(CO)cc1. The molecule has 0 amide bonds. The highest BCUT2D eigenvalue weighted by molar-refractivity contribution is 5.21. The lowest BCUT2D eigenvalue weighted by Crippen LogP contribution is -2.06. The van der Waals surface area contributed by atoms with Crippen LogP contribution in [0.1, 0.15) is 11.1 Å². The maximum absolute atomic E-state index is 8.64. The van der Waals surface area contributed by atoms with Gasteiger partial charge >= 0.3 is 0 Å². The zero-order valence-electron chi connectivity index (χ0n) is 11.0. The first-order valence-electron chi connectivity index (χ1n) is 6.08. The van der Waals surface area contributed by atoms with Crippen LogP contribution in [0.4, 0.5) is 0 Å². The average molecular weight is 274 g/mol. The Bertz CT molecular complexity index is 538. The lowest BCUT2D eigenvalue weighted by Gasteiger charge is -1.96. The second-order valence-electron chi connectivity index (χ2n) is 4.06. The molecule has 0 aliphatic carbocycles. The second-order valence-corrected chi connectivity index (χ2v) is 4.06. The highest BCUT2D eigenvalue weighted by Crippen LogP contribution is 2.03. The van der Waals surface area contributed by atoms with Gasteiger partial charge in [-0.25, -0.2) is 0 Å². The van der Waals surface area contributed by atoms with Gasteiger partial charge in [0.2, 0.25) is 0 Å². The van der Waals surface area contributed by atoms with Crippen molar-refractivity contribution in [1.29, 1.82) is 0 Å². The Kier molecular flexibility index (Phi) is 6.89. The molecule has 0 saturated carbocycles. The van der Waals surface area contributed by atoms with Crippen molar-refractivity contribution in [3.63, 3.8) is 0 Å². The molecule has 2 aromatic carbocycles. The van der Waals surface area contributed by atoms with Crippen LogP contribution in [0, 0.1) is 0 Å². The van der Waals surface area contributed by atoms with Gasteiger partial charge in [-0.3, -0.25) is 0 Å². The van der Waals surface area contributed by atoms with Gasteiger partial charge in [-0.1, -0.05) is 48.5 Å². The molecule has 0 aliphatic rings. The predicted molar refractivity (Wildman–Crippen MR) is 78.2 cm³/mol. The van der Waals surface area contributed by atoms with Gasteiger partial charge in [0.05, 0.1) is 25.7 Å². The fourth-order valence-corrected chi connectivity index (χ4v) is 1.42. The lowest BCUT2D eigenvalue weighted by molar-refractivity contribution is 0.278. The predicted octanol–water partition coefficient (Wildman–Crippen LogP) is 0.950. The fraction of sp³-hybridized carbons (Fsp3) is 0.125. The molecule has 4 nitrogen and oxygen atoms in total. The van der Waals surface area contributed by atoms with Crippen LogP contribution in [-0.4, -0.2) is 20.4 Å². The molecule has 0 unspecified atom stereocenters. The molecule has 0 fully saturated rings. The van der Waals surface area contributed by atoms with Crippen LogP contribution in [0.15, 0.2) is 48.5 Å². The zero-order chi connectivity index (χ0) is 14.8. The van der Waals surface area contributed by atoms with Crippen LogP contribution in [0.25, 0.3) is 12.5 Å². The molecule has 0 spiro atoms. The van der Waals surface area contributed by atoms with Crippen molar-refractivity contribution in [3.05, 3.63) is 70.1 Å². The maximum Gasteiger partial charge on any atom is 0.0864 e. The summed E-state index contributed by atoms with van der Waals surface area (Å²) in [7, 11) is 0. The molecule has 0 heterocycles. The van der Waals surface area contributed by atoms with Gasteiger partial charge in [0.25, 0.3) is 0 Å². The summed E-state index contributed by atoms with van der Waals surface area (Å²) < 4.78 is 0. The standard InChI is InChI=1S/C8H10O2.C8H8O2/c2*9-5-7-1-2-8(6-10)4-3-7/h1-4,9-10H,5-6H2;1-6,9-10H. The number of benzene rings is 2. The average Bonchev–Trinajstić information content (AvgIpc) is 2.55. The number of rotatable bonds is 2. The Morgan fingerprint density at radius 1 is 0.600 bits per heavy atom. The van der Waals surface area contributed by atoms with Crippen molar-refractivity contribution in [2.45, 2.75) is 13.2 Å². The smallest absolute Gasteiger partial charge is 0.0864 e. The Hall–Kier alpha value is -2.30. The minimum atomic E-state index is 0.0612. The third-order valence-electron chi connectivity index (χ3n) is 2.62. The van der Waals surface area contributed by atoms with Crippen LogP contribution >= 0.6 is 0 Å². The van der Waals surface area contributed by atoms with E-state index in [1.54, 1.807) is 48.5 Å². The van der Waals surface area contributed by atoms with E-state index in [1.807, 2.05) is 0 Å². The molecule has 0 bridgehead atoms. The van der Waals surface area contributed by atoms with Crippen LogP contribution in [0.2, 0.25) is 0 Å². The first-order valence-corrected chi connectivity index (χ1v) is 6.08. The van der Waals surface area contributed by atoms with E-state index in [0.717, 1.165) is 34.1 Å². The van der Waals surface area contributed by atoms with Crippen LogP contribution < -0.4 is 10.4 Å². The van der Waals surface area contributed by atoms with Crippen LogP contribution in [0.3, 0.4) is 0 Å². The summed E-state index contributed by atoms with van der Waals surface area (Å²) in [6, 6.07) is 14.0. The topological polar surface area (TPSA) is 80.9 Å². The quantitative estimate of drug-likeness (QED) is 0.657. The van der Waals surface area contributed by atoms with E-state index in [1.165, 1.54) is 0 Å². The molecule has 4 heteroatoms. The highest BCUT2D eigenvalue weighted by atomic mass is 16.3. The minimum Gasteiger partial charge on any atom is -0.515 e. The first kappa shape index (κ1) is 15.8. The number of hydrogen-bond donors (Lipinski definition) is 4. The zero-order valence-corrected chi connectivity index (χ0v) is 11.0. The monoisotopic (exact) mass is 274 g/mol. The van der Waals surface area contributed by atoms with Gasteiger partial charge < -0.3 is 20.4 Å². The maximum atomic E-state index is 8.64. The summed E-state index contributed by atoms with van der Waals surface area (Å²) in [5, 5.41) is 35.7. The number of aliphatic hydroxyl groups is 4. The third-order valence-corrected chi connectivity index (χ3v) is 2.62. The summed E-state index contributed by atoms with van der Waals surface area (Å²) >= 11 is 0. The molecule has 2 aromatic rings. The molecular formula is C16H18O4. The van der Waals surface area contributed by atoms with E-state index < -0.39 is 0 Å². The van der Waals surface area contributed by atoms with Gasteiger partial charge in [-0.15, -0.1) is 0 Å². The van der Waals surface area contributed by atoms with Crippen molar-refractivity contribution < 1.29 is 20.4 Å². The molecule has 4 N–H and O–H groups in total. The van der Waals surface area contributed by atoms with E-state index in [4.69, 9.17) is 20.4 Å². The normalized spacial score (nSPS) is 9.30. The molecule has 20 heavy (non-hydrogen) atoms. The van der Waals surface area contributed by atoms with E-state index in [0.29, 0.717) is 0 Å². The Balaban J connectivity index is 0.000000200. The van der Waals surface area contributed by atoms with Gasteiger partial charge in [-0.2, -0.15) is 0 Å². The van der Waals surface area contributed by atoms with Gasteiger partial charge in [0.1, 0.15) is 0 Å². The van der Waals surface area contributed by atoms with Crippen molar-refractivity contribution in [2.75, 3.05) is 0 Å². The second kappa shape index (κ2) is 8.74. The number of hydrogen-bond acceptors (Lipinski definition) is 4. The molecule has 0 aromatic heterocycles. The van der Waals surface area contributed by atoms with E-state index in [-0.39, 0.29) is 13.2 Å². The largest absolute Gasteiger partial charge is 0.515 e. The van der Waals surface area contributed by atoms with Crippen LogP contribution in [0.5, 0.6) is 0 Å². The van der Waals surface area contributed by atoms with Crippen molar-refractivity contribution >= 4 is 12.5 Å². The molecule has 0 atom stereocenters. The Morgan fingerprint density at radius 2 is 0.900 bits per heavy atom. The summed E-state index contributed by atoms with van der Waals surface area (Å²) in [5.74, 6) is 0. The summed E-state index contributed by atoms with van der Waals surface area (Å²) in [4.78, 5) is 0. The Labute approximate surface area is 117 Å². The van der Waals surface area contributed by atoms with Crippen molar-refractivity contribution in [3.8, 4) is 0 Å².